The van der Waals surface area contributed by atoms with Crippen LogP contribution in [-0.4, -0.2) is 42.8 Å². The molecule has 3 atom stereocenters. The number of aliphatic hydroxyl groups excluding tert-OH is 1. The van der Waals surface area contributed by atoms with Gasteiger partial charge in [0.25, 0.3) is 0 Å². The molecule has 0 radical (unpaired) electrons. The third-order valence-electron chi connectivity index (χ3n) is 10.4. The Bertz CT molecular complexity index is 2530. The normalized spacial score (nSPS) is 14.8. The highest BCUT2D eigenvalue weighted by Gasteiger charge is 2.49. The Hall–Kier alpha value is -7.54. The van der Waals surface area contributed by atoms with Crippen molar-refractivity contribution in [2.75, 3.05) is 4.90 Å². The first-order chi connectivity index (χ1) is 30.2. The molecule has 0 aliphatic carbocycles. The van der Waals surface area contributed by atoms with Gasteiger partial charge in [-0.05, 0) is 78.1 Å². The Morgan fingerprint density at radius 2 is 1.42 bits per heavy atom. The molecule has 1 aliphatic heterocycles. The number of carbonyl (C=O) groups excluding carboxylic acids is 3. The highest BCUT2D eigenvalue weighted by molar-refractivity contribution is 6.03. The lowest BCUT2D eigenvalue weighted by Gasteiger charge is -2.48. The number of aromatic hydroxyl groups is 1. The van der Waals surface area contributed by atoms with Gasteiger partial charge in [0.15, 0.2) is 5.92 Å². The Balaban J connectivity index is 1.08. The first-order valence-electron chi connectivity index (χ1n) is 20.1. The molecule has 0 saturated carbocycles. The lowest BCUT2D eigenvalue weighted by molar-refractivity contribution is -0.163. The minimum Gasteiger partial charge on any atom is -0.508 e. The van der Waals surface area contributed by atoms with Gasteiger partial charge in [-0.15, -0.1) is 0 Å². The number of carbonyl (C=O) groups is 3. The fourth-order valence-corrected chi connectivity index (χ4v) is 7.10. The molecule has 62 heavy (non-hydrogen) atoms. The molecular weight excluding hydrogens is 788 g/mol. The minimum absolute atomic E-state index is 0.0261. The van der Waals surface area contributed by atoms with Gasteiger partial charge >= 0.3 is 11.9 Å². The van der Waals surface area contributed by atoms with E-state index < -0.39 is 41.7 Å². The summed E-state index contributed by atoms with van der Waals surface area (Å²) in [6.45, 7) is 0.553. The molecule has 312 valence electrons. The van der Waals surface area contributed by atoms with E-state index in [9.17, 15) is 29.0 Å². The lowest BCUT2D eigenvalue weighted by atomic mass is 9.77. The zero-order valence-electron chi connectivity index (χ0n) is 33.6. The van der Waals surface area contributed by atoms with Crippen molar-refractivity contribution in [3.63, 3.8) is 0 Å². The van der Waals surface area contributed by atoms with E-state index >= 15 is 0 Å². The fourth-order valence-electron chi connectivity index (χ4n) is 7.10. The molecule has 5 aromatic carbocycles. The van der Waals surface area contributed by atoms with Crippen LogP contribution in [0, 0.1) is 41.3 Å². The third-order valence-corrected chi connectivity index (χ3v) is 10.4. The molecule has 1 saturated heterocycles. The number of rotatable bonds is 15. The number of amides is 1. The van der Waals surface area contributed by atoms with Crippen molar-refractivity contribution < 1.29 is 38.5 Å². The summed E-state index contributed by atoms with van der Waals surface area (Å²) in [5, 5.41) is 26.5. The summed E-state index contributed by atoms with van der Waals surface area (Å²) in [6.07, 6.45) is 3.06. The maximum Gasteiger partial charge on any atom is 0.321 e. The SMILES string of the molecule is O=C(OCc1ccccc1)C(CC#Cc1ccc([C@@H]2[C@@H](CC[C@H](O)c3ccc(F)cc3)C(=O)N2c2ccc(C#CCCn3cncn3)cc2)c(O)c1)C(=O)OCc1ccccc1. The number of nitrogens with zero attached hydrogens (tertiary/aromatic N) is 4. The number of halogens is 1. The predicted molar refractivity (Wildman–Crippen MR) is 228 cm³/mol. The molecular formula is C50H43FN4O7. The molecule has 1 amide bonds. The van der Waals surface area contributed by atoms with E-state index in [1.54, 1.807) is 40.2 Å². The van der Waals surface area contributed by atoms with E-state index in [-0.39, 0.29) is 44.1 Å². The van der Waals surface area contributed by atoms with Crippen molar-refractivity contribution >= 4 is 23.5 Å². The van der Waals surface area contributed by atoms with Crippen LogP contribution in [0.5, 0.6) is 5.75 Å². The Labute approximate surface area is 358 Å². The minimum atomic E-state index is -1.32. The van der Waals surface area contributed by atoms with Crippen LogP contribution >= 0.6 is 0 Å². The maximum absolute atomic E-state index is 13.9. The molecule has 11 nitrogen and oxygen atoms in total. The topological polar surface area (TPSA) is 144 Å². The third kappa shape index (κ3) is 11.0. The van der Waals surface area contributed by atoms with Crippen LogP contribution in [0.2, 0.25) is 0 Å². The van der Waals surface area contributed by atoms with Crippen molar-refractivity contribution in [3.8, 4) is 29.4 Å². The quantitative estimate of drug-likeness (QED) is 0.0462. The van der Waals surface area contributed by atoms with Gasteiger partial charge in [-0.1, -0.05) is 103 Å². The molecule has 1 aliphatic rings. The standard InChI is InChI=1S/C50H43FN4O7/c51-40-22-20-39(21-23-40)45(56)28-27-43-47(55(48(43)58)41-24-17-35(18-25-41)10-7-8-29-54-34-52-33-53-54)42-26-19-36(30-46(42)57)15-9-16-44(49(59)61-31-37-11-3-1-4-12-37)50(60)62-32-38-13-5-2-6-14-38/h1-6,11-14,17-26,30,33-34,43-45,47,56-57H,8,16,27-29,31-32H2/t43-,45+,47-/m1/s1. The number of aromatic nitrogens is 3. The monoisotopic (exact) mass is 830 g/mol. The highest BCUT2D eigenvalue weighted by Crippen LogP contribution is 2.48. The number of ether oxygens (including phenoxy) is 2. The van der Waals surface area contributed by atoms with E-state index in [2.05, 4.69) is 33.8 Å². The predicted octanol–water partition coefficient (Wildman–Crippen LogP) is 7.63. The van der Waals surface area contributed by atoms with Crippen LogP contribution in [0.4, 0.5) is 10.1 Å². The van der Waals surface area contributed by atoms with Crippen molar-refractivity contribution in [1.29, 1.82) is 0 Å². The summed E-state index contributed by atoms with van der Waals surface area (Å²) in [4.78, 5) is 45.9. The Kier molecular flexibility index (Phi) is 14.2. The van der Waals surface area contributed by atoms with E-state index in [4.69, 9.17) is 9.47 Å². The maximum atomic E-state index is 13.9. The smallest absolute Gasteiger partial charge is 0.321 e. The van der Waals surface area contributed by atoms with Gasteiger partial charge in [0, 0.05) is 35.2 Å². The Morgan fingerprint density at radius 3 is 2.03 bits per heavy atom. The number of esters is 2. The summed E-state index contributed by atoms with van der Waals surface area (Å²) in [7, 11) is 0. The average molecular weight is 831 g/mol. The van der Waals surface area contributed by atoms with Gasteiger partial charge in [0.1, 0.15) is 37.4 Å². The molecule has 12 heteroatoms. The second-order valence-corrected chi connectivity index (χ2v) is 14.7. The van der Waals surface area contributed by atoms with E-state index in [1.807, 2.05) is 72.8 Å². The second kappa shape index (κ2) is 20.6. The molecule has 0 unspecified atom stereocenters. The number of hydrogen-bond donors (Lipinski definition) is 2. The Morgan fingerprint density at radius 1 is 0.790 bits per heavy atom. The van der Waals surface area contributed by atoms with Crippen molar-refractivity contribution in [1.82, 2.24) is 14.8 Å². The molecule has 1 aromatic heterocycles. The molecule has 1 fully saturated rings. The van der Waals surface area contributed by atoms with Crippen LogP contribution in [0.15, 0.2) is 140 Å². The summed E-state index contributed by atoms with van der Waals surface area (Å²) >= 11 is 0. The lowest BCUT2D eigenvalue weighted by Crippen LogP contribution is -2.55. The first-order valence-corrected chi connectivity index (χ1v) is 20.1. The number of phenolic OH excluding ortho intramolecular Hbond substituents is 1. The van der Waals surface area contributed by atoms with Gasteiger partial charge < -0.3 is 24.6 Å². The van der Waals surface area contributed by atoms with Crippen LogP contribution in [0.1, 0.15) is 71.2 Å². The molecule has 7 rings (SSSR count). The van der Waals surface area contributed by atoms with Gasteiger partial charge in [-0.2, -0.15) is 5.10 Å². The molecule has 2 N–H and O–H groups in total. The number of benzene rings is 5. The molecule has 0 spiro atoms. The fraction of sp³-hybridized carbons (Fsp3) is 0.220. The summed E-state index contributed by atoms with van der Waals surface area (Å²) in [5.74, 6) is 7.95. The number of hydrogen-bond acceptors (Lipinski definition) is 9. The number of anilines is 1. The average Bonchev–Trinajstić information content (AvgIpc) is 3.82. The van der Waals surface area contributed by atoms with Crippen LogP contribution in [0.25, 0.3) is 0 Å². The number of phenols is 1. The van der Waals surface area contributed by atoms with E-state index in [1.165, 1.54) is 36.7 Å². The number of aliphatic hydroxyl groups is 1. The van der Waals surface area contributed by atoms with Gasteiger partial charge in [0.05, 0.1) is 24.6 Å². The largest absolute Gasteiger partial charge is 0.508 e. The van der Waals surface area contributed by atoms with Gasteiger partial charge in [-0.3, -0.25) is 19.1 Å². The number of aryl methyl sites for hydroxylation is 1. The molecule has 0 bridgehead atoms. The van der Waals surface area contributed by atoms with Crippen LogP contribution in [-0.2, 0) is 43.6 Å². The summed E-state index contributed by atoms with van der Waals surface area (Å²) < 4.78 is 26.3. The second-order valence-electron chi connectivity index (χ2n) is 14.7. The van der Waals surface area contributed by atoms with Crippen molar-refractivity contribution in [2.45, 2.75) is 57.6 Å². The first kappa shape index (κ1) is 42.6. The highest BCUT2D eigenvalue weighted by atomic mass is 19.1. The van der Waals surface area contributed by atoms with Crippen LogP contribution in [0.3, 0.4) is 0 Å². The summed E-state index contributed by atoms with van der Waals surface area (Å²) in [6, 6.07) is 35.3. The zero-order chi connectivity index (χ0) is 43.3. The zero-order valence-corrected chi connectivity index (χ0v) is 33.6. The van der Waals surface area contributed by atoms with Gasteiger partial charge in [-0.25, -0.2) is 9.37 Å². The van der Waals surface area contributed by atoms with Gasteiger partial charge in [0.2, 0.25) is 5.91 Å². The van der Waals surface area contributed by atoms with E-state index in [0.29, 0.717) is 35.3 Å². The molecule has 2 heterocycles. The summed E-state index contributed by atoms with van der Waals surface area (Å²) in [5.41, 5.74) is 4.30. The van der Waals surface area contributed by atoms with Crippen molar-refractivity contribution in [2.24, 2.45) is 11.8 Å². The van der Waals surface area contributed by atoms with Crippen LogP contribution < -0.4 is 4.90 Å². The molecule has 6 aromatic rings. The number of β-lactam (4-membered cyclic amide) rings is 1. The van der Waals surface area contributed by atoms with E-state index in [0.717, 1.165) is 16.7 Å². The van der Waals surface area contributed by atoms with Crippen molar-refractivity contribution in [3.05, 3.63) is 179 Å².